The van der Waals surface area contributed by atoms with E-state index < -0.39 is 11.8 Å². The predicted octanol–water partition coefficient (Wildman–Crippen LogP) is 3.74. The number of thiocarbonyl (C=S) groups is 1. The van der Waals surface area contributed by atoms with E-state index in [2.05, 4.69) is 0 Å². The summed E-state index contributed by atoms with van der Waals surface area (Å²) in [6.45, 7) is 0. The Balaban J connectivity index is 1.86. The fraction of sp³-hybridized carbons (Fsp3) is 0.0556. The van der Waals surface area contributed by atoms with Crippen LogP contribution in [0.1, 0.15) is 15.9 Å². The summed E-state index contributed by atoms with van der Waals surface area (Å²) in [6, 6.07) is 16.0. The van der Waals surface area contributed by atoms with Crippen LogP contribution in [0.3, 0.4) is 0 Å². The van der Waals surface area contributed by atoms with Crippen molar-refractivity contribution in [1.29, 1.82) is 0 Å². The largest absolute Gasteiger partial charge is 0.497 e. The Morgan fingerprint density at radius 1 is 1.12 bits per heavy atom. The molecule has 0 aromatic heterocycles. The summed E-state index contributed by atoms with van der Waals surface area (Å²) < 4.78 is 5.31. The van der Waals surface area contributed by atoms with Crippen LogP contribution in [0.15, 0.2) is 59.5 Å². The molecule has 0 aliphatic carbocycles. The zero-order valence-corrected chi connectivity index (χ0v) is 14.4. The Bertz CT molecular complexity index is 829. The van der Waals surface area contributed by atoms with Crippen LogP contribution in [0.4, 0.5) is 0 Å². The standard InChI is InChI=1S/C18H13NO3S2/c1-22-14-9-7-13(8-10-14)16(20)19-17(21)15(24-18(19)23)11-12-5-3-2-4-6-12/h2-11H,1H3. The lowest BCUT2D eigenvalue weighted by Crippen LogP contribution is -2.34. The van der Waals surface area contributed by atoms with E-state index in [1.807, 2.05) is 30.3 Å². The van der Waals surface area contributed by atoms with Crippen LogP contribution in [-0.4, -0.2) is 28.1 Å². The summed E-state index contributed by atoms with van der Waals surface area (Å²) in [5.41, 5.74) is 1.27. The van der Waals surface area contributed by atoms with Crippen molar-refractivity contribution in [3.05, 3.63) is 70.6 Å². The van der Waals surface area contributed by atoms with E-state index >= 15 is 0 Å². The minimum atomic E-state index is -0.434. The quantitative estimate of drug-likeness (QED) is 0.477. The van der Waals surface area contributed by atoms with Gasteiger partial charge < -0.3 is 4.74 Å². The SMILES string of the molecule is COc1ccc(C(=O)N2C(=O)C(=Cc3ccccc3)SC2=S)cc1. The van der Waals surface area contributed by atoms with Gasteiger partial charge in [-0.15, -0.1) is 0 Å². The predicted molar refractivity (Wildman–Crippen MR) is 98.8 cm³/mol. The maximum Gasteiger partial charge on any atom is 0.273 e. The third-order valence-corrected chi connectivity index (χ3v) is 4.73. The Labute approximate surface area is 149 Å². The van der Waals surface area contributed by atoms with Gasteiger partial charge in [-0.3, -0.25) is 9.59 Å². The first kappa shape index (κ1) is 16.4. The number of carbonyl (C=O) groups excluding carboxylic acids is 2. The number of methoxy groups -OCH3 is 1. The Hall–Kier alpha value is -2.44. The lowest BCUT2D eigenvalue weighted by molar-refractivity contribution is -0.120. The van der Waals surface area contributed by atoms with Crippen LogP contribution in [0, 0.1) is 0 Å². The average molecular weight is 355 g/mol. The zero-order chi connectivity index (χ0) is 17.1. The molecule has 0 saturated carbocycles. The summed E-state index contributed by atoms with van der Waals surface area (Å²) in [5, 5.41) is 0. The lowest BCUT2D eigenvalue weighted by atomic mass is 10.2. The second-order valence-electron chi connectivity index (χ2n) is 4.96. The average Bonchev–Trinajstić information content (AvgIpc) is 2.89. The van der Waals surface area contributed by atoms with Crippen molar-refractivity contribution in [3.63, 3.8) is 0 Å². The fourth-order valence-corrected chi connectivity index (χ4v) is 3.46. The molecule has 1 saturated heterocycles. The third kappa shape index (κ3) is 3.25. The van der Waals surface area contributed by atoms with E-state index in [1.165, 1.54) is 0 Å². The van der Waals surface area contributed by atoms with Gasteiger partial charge >= 0.3 is 0 Å². The smallest absolute Gasteiger partial charge is 0.273 e. The number of hydrogen-bond acceptors (Lipinski definition) is 5. The first-order valence-electron chi connectivity index (χ1n) is 7.11. The van der Waals surface area contributed by atoms with Crippen LogP contribution in [0.5, 0.6) is 5.75 Å². The van der Waals surface area contributed by atoms with Crippen molar-refractivity contribution in [1.82, 2.24) is 4.90 Å². The minimum absolute atomic E-state index is 0.239. The summed E-state index contributed by atoms with van der Waals surface area (Å²) in [4.78, 5) is 26.6. The number of nitrogens with zero attached hydrogens (tertiary/aromatic N) is 1. The lowest BCUT2D eigenvalue weighted by Gasteiger charge is -2.12. The minimum Gasteiger partial charge on any atom is -0.497 e. The van der Waals surface area contributed by atoms with Gasteiger partial charge in [-0.1, -0.05) is 54.3 Å². The molecule has 1 heterocycles. The molecule has 2 aromatic carbocycles. The van der Waals surface area contributed by atoms with Crippen molar-refractivity contribution in [2.24, 2.45) is 0 Å². The first-order valence-corrected chi connectivity index (χ1v) is 8.34. The Kier molecular flexibility index (Phi) is 4.78. The summed E-state index contributed by atoms with van der Waals surface area (Å²) in [7, 11) is 1.55. The third-order valence-electron chi connectivity index (χ3n) is 3.43. The fourth-order valence-electron chi connectivity index (χ4n) is 2.21. The molecule has 2 amide bonds. The van der Waals surface area contributed by atoms with Crippen molar-refractivity contribution >= 4 is 46.2 Å². The van der Waals surface area contributed by atoms with Crippen LogP contribution in [-0.2, 0) is 4.79 Å². The topological polar surface area (TPSA) is 46.6 Å². The molecule has 24 heavy (non-hydrogen) atoms. The van der Waals surface area contributed by atoms with E-state index in [0.29, 0.717) is 16.2 Å². The van der Waals surface area contributed by atoms with Crippen LogP contribution in [0.2, 0.25) is 0 Å². The van der Waals surface area contributed by atoms with Crippen molar-refractivity contribution in [3.8, 4) is 5.75 Å². The molecule has 0 unspecified atom stereocenters. The van der Waals surface area contributed by atoms with Gasteiger partial charge in [0.1, 0.15) is 5.75 Å². The maximum atomic E-state index is 12.6. The van der Waals surface area contributed by atoms with Crippen LogP contribution in [0.25, 0.3) is 6.08 Å². The van der Waals surface area contributed by atoms with Gasteiger partial charge in [0.15, 0.2) is 4.32 Å². The van der Waals surface area contributed by atoms with Gasteiger partial charge in [0.05, 0.1) is 12.0 Å². The highest BCUT2D eigenvalue weighted by molar-refractivity contribution is 8.26. The number of imide groups is 1. The number of hydrogen-bond donors (Lipinski definition) is 0. The second kappa shape index (κ2) is 6.98. The summed E-state index contributed by atoms with van der Waals surface area (Å²) in [5.74, 6) is -0.188. The molecule has 0 atom stereocenters. The molecule has 4 nitrogen and oxygen atoms in total. The van der Waals surface area contributed by atoms with E-state index in [4.69, 9.17) is 17.0 Å². The number of carbonyl (C=O) groups is 2. The van der Waals surface area contributed by atoms with Crippen LogP contribution < -0.4 is 4.74 Å². The van der Waals surface area contributed by atoms with E-state index in [-0.39, 0.29) is 4.32 Å². The van der Waals surface area contributed by atoms with Gasteiger partial charge in [-0.25, -0.2) is 4.90 Å². The summed E-state index contributed by atoms with van der Waals surface area (Å²) in [6.07, 6.45) is 1.74. The molecular weight excluding hydrogens is 342 g/mol. The highest BCUT2D eigenvalue weighted by Crippen LogP contribution is 2.33. The highest BCUT2D eigenvalue weighted by Gasteiger charge is 2.37. The van der Waals surface area contributed by atoms with Gasteiger partial charge in [0.2, 0.25) is 0 Å². The van der Waals surface area contributed by atoms with Gasteiger partial charge in [0.25, 0.3) is 11.8 Å². The number of ether oxygens (including phenoxy) is 1. The number of benzene rings is 2. The van der Waals surface area contributed by atoms with E-state index in [0.717, 1.165) is 22.2 Å². The first-order chi connectivity index (χ1) is 11.6. The second-order valence-corrected chi connectivity index (χ2v) is 6.64. The molecule has 2 aromatic rings. The monoisotopic (exact) mass is 355 g/mol. The Morgan fingerprint density at radius 3 is 2.42 bits per heavy atom. The molecule has 1 aliphatic rings. The molecule has 0 bridgehead atoms. The van der Waals surface area contributed by atoms with Crippen molar-refractivity contribution in [2.45, 2.75) is 0 Å². The van der Waals surface area contributed by atoms with Gasteiger partial charge in [-0.2, -0.15) is 0 Å². The van der Waals surface area contributed by atoms with Crippen molar-refractivity contribution in [2.75, 3.05) is 7.11 Å². The number of rotatable bonds is 3. The van der Waals surface area contributed by atoms with Crippen LogP contribution >= 0.6 is 24.0 Å². The van der Waals surface area contributed by atoms with Gasteiger partial charge in [0, 0.05) is 5.56 Å². The molecule has 0 spiro atoms. The number of thioether (sulfide) groups is 1. The van der Waals surface area contributed by atoms with Crippen molar-refractivity contribution < 1.29 is 14.3 Å². The molecule has 0 N–H and O–H groups in total. The molecule has 1 aliphatic heterocycles. The van der Waals surface area contributed by atoms with Gasteiger partial charge in [-0.05, 0) is 35.9 Å². The normalized spacial score (nSPS) is 15.9. The molecule has 120 valence electrons. The zero-order valence-electron chi connectivity index (χ0n) is 12.8. The summed E-state index contributed by atoms with van der Waals surface area (Å²) >= 11 is 6.35. The Morgan fingerprint density at radius 2 is 1.79 bits per heavy atom. The maximum absolute atomic E-state index is 12.6. The molecule has 3 rings (SSSR count). The number of amides is 2. The molecule has 6 heteroatoms. The highest BCUT2D eigenvalue weighted by atomic mass is 32.2. The molecule has 1 fully saturated rings. The van der Waals surface area contributed by atoms with E-state index in [9.17, 15) is 9.59 Å². The molecular formula is C18H13NO3S2. The van der Waals surface area contributed by atoms with E-state index in [1.54, 1.807) is 37.5 Å². The molecule has 0 radical (unpaired) electrons.